The molecule has 0 saturated heterocycles. The molecular formula is C37H38N4O6. The third-order valence-corrected chi connectivity index (χ3v) is 7.24. The van der Waals surface area contributed by atoms with Crippen LogP contribution < -0.4 is 10.6 Å². The maximum absolute atomic E-state index is 12.0. The van der Waals surface area contributed by atoms with Crippen molar-refractivity contribution in [3.8, 4) is 11.1 Å². The van der Waals surface area contributed by atoms with Gasteiger partial charge in [0.2, 0.25) is 0 Å². The van der Waals surface area contributed by atoms with E-state index in [0.29, 0.717) is 45.6 Å². The standard InChI is InChI=1S/C37H38N4O6/c42-36(44-26-28-13-3-1-4-14-28)38-21-11-23-46-40-34-25-35(33-20-10-8-18-31(33)30-17-7-9-19-32(30)34)41-47-24-12-22-39-37(43)45-27-29-15-5-2-6-16-29/h1-10,13-20H,11-12,21-27H2,(H,38,42)(H,39,43). The molecule has 0 bridgehead atoms. The molecule has 0 unspecified atom stereocenters. The predicted molar refractivity (Wildman–Crippen MR) is 180 cm³/mol. The number of carbonyl (C=O) groups excluding carboxylic acids is 2. The fraction of sp³-hybridized carbons (Fsp3) is 0.243. The number of alkyl carbamates (subject to hydrolysis) is 2. The van der Waals surface area contributed by atoms with Crippen molar-refractivity contribution in [1.82, 2.24) is 10.6 Å². The molecule has 1 aliphatic rings. The molecule has 0 saturated carbocycles. The summed E-state index contributed by atoms with van der Waals surface area (Å²) >= 11 is 0. The Bertz CT molecular complexity index is 1540. The van der Waals surface area contributed by atoms with Gasteiger partial charge in [-0.15, -0.1) is 0 Å². The molecule has 5 rings (SSSR count). The van der Waals surface area contributed by atoms with Gasteiger partial charge in [-0.2, -0.15) is 0 Å². The maximum Gasteiger partial charge on any atom is 0.407 e. The van der Waals surface area contributed by atoms with E-state index in [-0.39, 0.29) is 13.2 Å². The highest BCUT2D eigenvalue weighted by molar-refractivity contribution is 6.24. The molecule has 2 N–H and O–H groups in total. The van der Waals surface area contributed by atoms with E-state index in [0.717, 1.165) is 44.8 Å². The summed E-state index contributed by atoms with van der Waals surface area (Å²) in [7, 11) is 0. The first-order chi connectivity index (χ1) is 23.2. The number of nitrogens with zero attached hydrogens (tertiary/aromatic N) is 2. The van der Waals surface area contributed by atoms with Gasteiger partial charge in [-0.25, -0.2) is 9.59 Å². The van der Waals surface area contributed by atoms with E-state index >= 15 is 0 Å². The first kappa shape index (κ1) is 32.7. The lowest BCUT2D eigenvalue weighted by atomic mass is 9.96. The van der Waals surface area contributed by atoms with Gasteiger partial charge < -0.3 is 29.8 Å². The number of carbonyl (C=O) groups is 2. The molecule has 1 aliphatic carbocycles. The van der Waals surface area contributed by atoms with E-state index in [9.17, 15) is 9.59 Å². The van der Waals surface area contributed by atoms with E-state index < -0.39 is 12.2 Å². The second kappa shape index (κ2) is 17.7. The van der Waals surface area contributed by atoms with Crippen LogP contribution in [0, 0.1) is 0 Å². The molecule has 10 heteroatoms. The van der Waals surface area contributed by atoms with Gasteiger partial charge in [0, 0.05) is 43.5 Å². The quantitative estimate of drug-likeness (QED) is 0.116. The van der Waals surface area contributed by atoms with E-state index in [1.165, 1.54) is 0 Å². The van der Waals surface area contributed by atoms with Crippen LogP contribution in [-0.4, -0.2) is 49.9 Å². The summed E-state index contributed by atoms with van der Waals surface area (Å²) in [6.45, 7) is 1.82. The van der Waals surface area contributed by atoms with Crippen molar-refractivity contribution in [2.24, 2.45) is 10.3 Å². The lowest BCUT2D eigenvalue weighted by Gasteiger charge is -2.09. The minimum absolute atomic E-state index is 0.215. The Morgan fingerprint density at radius 2 is 0.915 bits per heavy atom. The Labute approximate surface area is 274 Å². The van der Waals surface area contributed by atoms with E-state index in [1.807, 2.05) is 97.1 Å². The van der Waals surface area contributed by atoms with Gasteiger partial charge in [-0.05, 0) is 22.3 Å². The summed E-state index contributed by atoms with van der Waals surface area (Å²) in [6.07, 6.45) is 0.543. The van der Waals surface area contributed by atoms with Crippen molar-refractivity contribution in [3.63, 3.8) is 0 Å². The minimum Gasteiger partial charge on any atom is -0.445 e. The lowest BCUT2D eigenvalue weighted by molar-refractivity contribution is 0.129. The van der Waals surface area contributed by atoms with Crippen molar-refractivity contribution < 1.29 is 28.7 Å². The van der Waals surface area contributed by atoms with Crippen LogP contribution in [0.15, 0.2) is 120 Å². The molecule has 0 aromatic heterocycles. The molecule has 4 aromatic carbocycles. The van der Waals surface area contributed by atoms with Crippen molar-refractivity contribution in [2.75, 3.05) is 26.3 Å². The fourth-order valence-corrected chi connectivity index (χ4v) is 4.90. The second-order valence-electron chi connectivity index (χ2n) is 10.7. The Morgan fingerprint density at radius 1 is 0.532 bits per heavy atom. The van der Waals surface area contributed by atoms with Gasteiger partial charge in [0.1, 0.15) is 26.4 Å². The topological polar surface area (TPSA) is 120 Å². The number of oxime groups is 2. The Balaban J connectivity index is 1.12. The number of rotatable bonds is 14. The summed E-state index contributed by atoms with van der Waals surface area (Å²) in [5, 5.41) is 14.5. The lowest BCUT2D eigenvalue weighted by Crippen LogP contribution is -2.25. The van der Waals surface area contributed by atoms with Gasteiger partial charge >= 0.3 is 12.2 Å². The molecule has 0 heterocycles. The summed E-state index contributed by atoms with van der Waals surface area (Å²) in [5.74, 6) is 0. The summed E-state index contributed by atoms with van der Waals surface area (Å²) in [4.78, 5) is 35.5. The first-order valence-corrected chi connectivity index (χ1v) is 15.6. The molecule has 0 radical (unpaired) electrons. The summed E-state index contributed by atoms with van der Waals surface area (Å²) in [5.41, 5.74) is 7.24. The second-order valence-corrected chi connectivity index (χ2v) is 10.7. The Morgan fingerprint density at radius 3 is 1.34 bits per heavy atom. The number of benzene rings is 4. The predicted octanol–water partition coefficient (Wildman–Crippen LogP) is 6.83. The van der Waals surface area contributed by atoms with Crippen LogP contribution in [0.4, 0.5) is 9.59 Å². The van der Waals surface area contributed by atoms with Crippen LogP contribution in [0.3, 0.4) is 0 Å². The first-order valence-electron chi connectivity index (χ1n) is 15.6. The van der Waals surface area contributed by atoms with Crippen LogP contribution in [0.2, 0.25) is 0 Å². The van der Waals surface area contributed by atoms with Crippen LogP contribution in [0.5, 0.6) is 0 Å². The highest BCUT2D eigenvalue weighted by Gasteiger charge is 2.24. The number of ether oxygens (including phenoxy) is 2. The van der Waals surface area contributed by atoms with Crippen LogP contribution in [-0.2, 0) is 32.4 Å². The zero-order chi connectivity index (χ0) is 32.5. The number of hydrogen-bond donors (Lipinski definition) is 2. The zero-order valence-corrected chi connectivity index (χ0v) is 26.1. The van der Waals surface area contributed by atoms with Gasteiger partial charge in [0.25, 0.3) is 0 Å². The minimum atomic E-state index is -0.477. The maximum atomic E-state index is 12.0. The molecular weight excluding hydrogens is 596 g/mol. The third kappa shape index (κ3) is 10.2. The largest absolute Gasteiger partial charge is 0.445 e. The molecule has 10 nitrogen and oxygen atoms in total. The van der Waals surface area contributed by atoms with E-state index in [4.69, 9.17) is 19.1 Å². The van der Waals surface area contributed by atoms with Crippen LogP contribution in [0.25, 0.3) is 11.1 Å². The molecule has 0 aliphatic heterocycles. The van der Waals surface area contributed by atoms with Crippen molar-refractivity contribution >= 4 is 23.6 Å². The van der Waals surface area contributed by atoms with E-state index in [2.05, 4.69) is 33.1 Å². The molecule has 4 aromatic rings. The van der Waals surface area contributed by atoms with Crippen molar-refractivity contribution in [1.29, 1.82) is 0 Å². The highest BCUT2D eigenvalue weighted by Crippen LogP contribution is 2.33. The average Bonchev–Trinajstić information content (AvgIpc) is 3.25. The van der Waals surface area contributed by atoms with Crippen LogP contribution in [0.1, 0.15) is 41.5 Å². The monoisotopic (exact) mass is 634 g/mol. The number of nitrogens with one attached hydrogen (secondary N) is 2. The normalized spacial score (nSPS) is 13.5. The molecule has 2 amide bonds. The van der Waals surface area contributed by atoms with Crippen molar-refractivity contribution in [3.05, 3.63) is 131 Å². The number of fused-ring (bicyclic) bond motifs is 3. The molecule has 242 valence electrons. The summed E-state index contributed by atoms with van der Waals surface area (Å²) in [6, 6.07) is 35.1. The number of amides is 2. The van der Waals surface area contributed by atoms with Gasteiger partial charge in [0.05, 0.1) is 11.4 Å². The fourth-order valence-electron chi connectivity index (χ4n) is 4.90. The smallest absolute Gasteiger partial charge is 0.407 e. The third-order valence-electron chi connectivity index (χ3n) is 7.24. The molecule has 0 spiro atoms. The van der Waals surface area contributed by atoms with Crippen LogP contribution >= 0.6 is 0 Å². The summed E-state index contributed by atoms with van der Waals surface area (Å²) < 4.78 is 10.5. The molecule has 0 fully saturated rings. The number of hydrogen-bond acceptors (Lipinski definition) is 8. The Hall–Kier alpha value is -5.64. The van der Waals surface area contributed by atoms with Crippen molar-refractivity contribution in [2.45, 2.75) is 32.5 Å². The van der Waals surface area contributed by atoms with E-state index in [1.54, 1.807) is 0 Å². The molecule has 47 heavy (non-hydrogen) atoms. The Kier molecular flexibility index (Phi) is 12.4. The SMILES string of the molecule is O=C(NCCCON=C1CC(=NOCCCNC(=O)OCc2ccccc2)c2ccccc2-c2ccccc21)OCc1ccccc1. The highest BCUT2D eigenvalue weighted by atomic mass is 16.6. The molecule has 0 atom stereocenters. The van der Waals surface area contributed by atoms with Gasteiger partial charge in [-0.1, -0.05) is 120 Å². The zero-order valence-electron chi connectivity index (χ0n) is 26.1. The van der Waals surface area contributed by atoms with Gasteiger partial charge in [-0.3, -0.25) is 0 Å². The average molecular weight is 635 g/mol. The van der Waals surface area contributed by atoms with Gasteiger partial charge in [0.15, 0.2) is 0 Å².